The van der Waals surface area contributed by atoms with Crippen molar-refractivity contribution >= 4 is 17.6 Å². The van der Waals surface area contributed by atoms with Gasteiger partial charge in [-0.05, 0) is 49.7 Å². The molecule has 2 amide bonds. The lowest BCUT2D eigenvalue weighted by Crippen LogP contribution is -2.39. The topological polar surface area (TPSA) is 126 Å². The molecule has 0 atom stereocenters. The van der Waals surface area contributed by atoms with Crippen molar-refractivity contribution in [1.82, 2.24) is 15.1 Å². The highest BCUT2D eigenvalue weighted by atomic mass is 19.4. The second-order valence-corrected chi connectivity index (χ2v) is 10.3. The van der Waals surface area contributed by atoms with Crippen LogP contribution in [-0.2, 0) is 24.3 Å². The molecule has 0 saturated heterocycles. The van der Waals surface area contributed by atoms with Crippen LogP contribution in [0.1, 0.15) is 66.4 Å². The van der Waals surface area contributed by atoms with Gasteiger partial charge >= 0.3 is 6.18 Å². The quantitative estimate of drug-likeness (QED) is 0.439. The molecule has 0 bridgehead atoms. The van der Waals surface area contributed by atoms with Gasteiger partial charge in [0, 0.05) is 43.1 Å². The minimum Gasteiger partial charge on any atom is -0.365 e. The molecule has 2 saturated carbocycles. The van der Waals surface area contributed by atoms with E-state index >= 15 is 0 Å². The van der Waals surface area contributed by atoms with Gasteiger partial charge < -0.3 is 16.4 Å². The molecule has 2 fully saturated rings. The van der Waals surface area contributed by atoms with E-state index in [-0.39, 0.29) is 40.2 Å². The van der Waals surface area contributed by atoms with Gasteiger partial charge in [0.25, 0.3) is 5.91 Å². The summed E-state index contributed by atoms with van der Waals surface area (Å²) in [6, 6.07) is 8.96. The molecule has 198 valence electrons. The van der Waals surface area contributed by atoms with Gasteiger partial charge in [-0.2, -0.15) is 23.5 Å². The molecule has 37 heavy (non-hydrogen) atoms. The predicted octanol–water partition coefficient (Wildman–Crippen LogP) is 4.07. The number of halogens is 3. The molecule has 0 radical (unpaired) electrons. The zero-order chi connectivity index (χ0) is 26.6. The highest BCUT2D eigenvalue weighted by Crippen LogP contribution is 2.41. The number of hydrogen-bond donors (Lipinski definition) is 3. The number of carbonyl (C=O) groups is 2. The van der Waals surface area contributed by atoms with E-state index in [1.807, 2.05) is 6.07 Å². The molecule has 2 aliphatic rings. The molecule has 8 nitrogen and oxygen atoms in total. The number of amides is 2. The average Bonchev–Trinajstić information content (AvgIpc) is 3.60. The van der Waals surface area contributed by atoms with E-state index in [0.717, 1.165) is 44.1 Å². The first kappa shape index (κ1) is 26.7. The number of hydrogen-bond acceptors (Lipinski definition) is 5. The van der Waals surface area contributed by atoms with Gasteiger partial charge in [-0.25, -0.2) is 0 Å². The summed E-state index contributed by atoms with van der Waals surface area (Å²) < 4.78 is 39.7. The Hall–Kier alpha value is -3.39. The number of aromatic nitrogens is 2. The number of primary amides is 1. The first-order valence-electron chi connectivity index (χ1n) is 12.5. The maximum atomic E-state index is 12.7. The number of carbonyl (C=O) groups excluding carboxylic acids is 2. The third-order valence-corrected chi connectivity index (χ3v) is 7.21. The van der Waals surface area contributed by atoms with E-state index < -0.39 is 18.5 Å². The average molecular weight is 517 g/mol. The Morgan fingerprint density at radius 1 is 1.19 bits per heavy atom. The number of anilines is 1. The molecule has 1 aromatic heterocycles. The fourth-order valence-electron chi connectivity index (χ4n) is 5.02. The van der Waals surface area contributed by atoms with Crippen LogP contribution >= 0.6 is 0 Å². The van der Waals surface area contributed by atoms with Gasteiger partial charge in [-0.15, -0.1) is 0 Å². The van der Waals surface area contributed by atoms with Crippen LogP contribution in [0, 0.1) is 22.7 Å². The highest BCUT2D eigenvalue weighted by Gasteiger charge is 2.37. The Kier molecular flexibility index (Phi) is 7.87. The molecule has 1 aromatic carbocycles. The van der Waals surface area contributed by atoms with Crippen molar-refractivity contribution in [1.29, 1.82) is 5.26 Å². The standard InChI is InChI=1S/C26H31F3N6O2/c27-26(28,29)13-17-2-1-3-18(12-17)14-32-20-6-8-25(9-7-20,10-11-30)16-35-15-21(22(31)36)23(34-35)33-24(37)19-4-5-19/h1-3,12,15,19-20,32H,4-10,13-14,16H2,(H2,31,36)(H,33,34,37)/t20-,25-. The van der Waals surface area contributed by atoms with Crippen LogP contribution in [-0.4, -0.2) is 33.8 Å². The van der Waals surface area contributed by atoms with Crippen LogP contribution in [0.2, 0.25) is 0 Å². The smallest absolute Gasteiger partial charge is 0.365 e. The summed E-state index contributed by atoms with van der Waals surface area (Å²) in [5.74, 6) is -0.751. The third kappa shape index (κ3) is 7.32. The lowest BCUT2D eigenvalue weighted by molar-refractivity contribution is -0.127. The zero-order valence-electron chi connectivity index (χ0n) is 20.5. The minimum absolute atomic E-state index is 0.0503. The number of rotatable bonds is 10. The van der Waals surface area contributed by atoms with Crippen LogP contribution in [0.15, 0.2) is 30.5 Å². The van der Waals surface area contributed by atoms with Crippen molar-refractivity contribution in [3.05, 3.63) is 47.2 Å². The molecule has 2 aromatic rings. The van der Waals surface area contributed by atoms with Gasteiger partial charge in [0.1, 0.15) is 5.56 Å². The normalized spacial score (nSPS) is 21.8. The van der Waals surface area contributed by atoms with E-state index in [2.05, 4.69) is 21.8 Å². The maximum Gasteiger partial charge on any atom is 0.393 e. The fourth-order valence-corrected chi connectivity index (χ4v) is 5.02. The monoisotopic (exact) mass is 516 g/mol. The van der Waals surface area contributed by atoms with Crippen molar-refractivity contribution in [2.45, 2.75) is 76.7 Å². The predicted molar refractivity (Wildman–Crippen MR) is 130 cm³/mol. The summed E-state index contributed by atoms with van der Waals surface area (Å²) in [5.41, 5.74) is 6.33. The van der Waals surface area contributed by atoms with Gasteiger partial charge in [0.15, 0.2) is 5.82 Å². The molecule has 2 aliphatic carbocycles. The van der Waals surface area contributed by atoms with E-state index in [1.165, 1.54) is 12.3 Å². The lowest BCUT2D eigenvalue weighted by atomic mass is 9.70. The maximum absolute atomic E-state index is 12.7. The van der Waals surface area contributed by atoms with Gasteiger partial charge in [0.2, 0.25) is 5.91 Å². The Labute approximate surface area is 213 Å². The van der Waals surface area contributed by atoms with Crippen molar-refractivity contribution < 1.29 is 22.8 Å². The number of alkyl halides is 3. The third-order valence-electron chi connectivity index (χ3n) is 7.21. The summed E-state index contributed by atoms with van der Waals surface area (Å²) in [6.07, 6.45) is 1.35. The summed E-state index contributed by atoms with van der Waals surface area (Å²) in [5, 5.41) is 20.1. The molecular formula is C26H31F3N6O2. The molecule has 4 N–H and O–H groups in total. The first-order chi connectivity index (χ1) is 17.6. The zero-order valence-corrected chi connectivity index (χ0v) is 20.5. The van der Waals surface area contributed by atoms with Crippen LogP contribution in [0.5, 0.6) is 0 Å². The largest absolute Gasteiger partial charge is 0.393 e. The summed E-state index contributed by atoms with van der Waals surface area (Å²) >= 11 is 0. The number of nitrogens with zero attached hydrogens (tertiary/aromatic N) is 3. The minimum atomic E-state index is -4.24. The van der Waals surface area contributed by atoms with Crippen LogP contribution in [0.25, 0.3) is 0 Å². The van der Waals surface area contributed by atoms with Gasteiger partial charge in [0.05, 0.1) is 12.5 Å². The fraction of sp³-hybridized carbons (Fsp3) is 0.538. The second-order valence-electron chi connectivity index (χ2n) is 10.3. The van der Waals surface area contributed by atoms with E-state index in [0.29, 0.717) is 19.5 Å². The van der Waals surface area contributed by atoms with Crippen LogP contribution in [0.3, 0.4) is 0 Å². The van der Waals surface area contributed by atoms with Crippen LogP contribution < -0.4 is 16.4 Å². The summed E-state index contributed by atoms with van der Waals surface area (Å²) in [6.45, 7) is 0.874. The van der Waals surface area contributed by atoms with Crippen molar-refractivity contribution in [3.63, 3.8) is 0 Å². The lowest BCUT2D eigenvalue weighted by Gasteiger charge is -2.39. The summed E-state index contributed by atoms with van der Waals surface area (Å²) in [7, 11) is 0. The summed E-state index contributed by atoms with van der Waals surface area (Å²) in [4.78, 5) is 24.1. The molecule has 4 rings (SSSR count). The second kappa shape index (κ2) is 10.9. The van der Waals surface area contributed by atoms with Crippen molar-refractivity contribution in [2.75, 3.05) is 5.32 Å². The number of benzene rings is 1. The molecule has 0 spiro atoms. The Bertz CT molecular complexity index is 1170. The van der Waals surface area contributed by atoms with E-state index in [4.69, 9.17) is 5.73 Å². The molecule has 11 heteroatoms. The van der Waals surface area contributed by atoms with Gasteiger partial charge in [-0.1, -0.05) is 24.3 Å². The molecule has 0 aliphatic heterocycles. The Morgan fingerprint density at radius 2 is 1.89 bits per heavy atom. The Morgan fingerprint density at radius 3 is 2.51 bits per heavy atom. The SMILES string of the molecule is N#CC[C@]1(Cn2cc(C(N)=O)c(NC(=O)C3CC3)n2)CC[C@H](NCc2cccc(CC(F)(F)F)c2)CC1. The molecule has 1 heterocycles. The van der Waals surface area contributed by atoms with Gasteiger partial charge in [-0.3, -0.25) is 14.3 Å². The van der Waals surface area contributed by atoms with E-state index in [1.54, 1.807) is 16.8 Å². The number of nitriles is 1. The number of nitrogens with one attached hydrogen (secondary N) is 2. The van der Waals surface area contributed by atoms with Crippen molar-refractivity contribution in [3.8, 4) is 6.07 Å². The van der Waals surface area contributed by atoms with Crippen LogP contribution in [0.4, 0.5) is 19.0 Å². The number of nitrogens with two attached hydrogens (primary N) is 1. The molecule has 0 unspecified atom stereocenters. The molecular weight excluding hydrogens is 485 g/mol. The van der Waals surface area contributed by atoms with E-state index in [9.17, 15) is 28.0 Å². The Balaban J connectivity index is 1.36. The van der Waals surface area contributed by atoms with Crippen molar-refractivity contribution in [2.24, 2.45) is 17.1 Å². The highest BCUT2D eigenvalue weighted by molar-refractivity contribution is 6.02. The first-order valence-corrected chi connectivity index (χ1v) is 12.5.